The van der Waals surface area contributed by atoms with Crippen LogP contribution in [0.25, 0.3) is 0 Å². The number of furan rings is 1. The Morgan fingerprint density at radius 1 is 1.32 bits per heavy atom. The van der Waals surface area contributed by atoms with E-state index in [4.69, 9.17) is 4.42 Å². The number of nitrogens with zero attached hydrogens (tertiary/aromatic N) is 1. The van der Waals surface area contributed by atoms with E-state index in [9.17, 15) is 14.0 Å². The van der Waals surface area contributed by atoms with E-state index in [1.54, 1.807) is 28.8 Å². The van der Waals surface area contributed by atoms with Crippen LogP contribution in [0, 0.1) is 5.82 Å². The fraction of sp³-hybridized carbons (Fsp3) is 0.333. The van der Waals surface area contributed by atoms with E-state index >= 15 is 0 Å². The first kappa shape index (κ1) is 17.5. The Bertz CT molecular complexity index is 733. The zero-order chi connectivity index (χ0) is 17.8. The quantitative estimate of drug-likeness (QED) is 0.880. The lowest BCUT2D eigenvalue weighted by atomic mass is 10.2. The number of carbonyl (C=O) groups excluding carboxylic acids is 2. The van der Waals surface area contributed by atoms with Crippen molar-refractivity contribution in [2.75, 3.05) is 11.1 Å². The summed E-state index contributed by atoms with van der Waals surface area (Å²) in [5.41, 5.74) is 0.501. The summed E-state index contributed by atoms with van der Waals surface area (Å²) < 4.78 is 18.2. The predicted molar refractivity (Wildman–Crippen MR) is 94.8 cm³/mol. The van der Waals surface area contributed by atoms with Gasteiger partial charge in [0.05, 0.1) is 11.6 Å². The highest BCUT2D eigenvalue weighted by molar-refractivity contribution is 8.00. The predicted octanol–water partition coefficient (Wildman–Crippen LogP) is 3.74. The smallest absolute Gasteiger partial charge is 0.291 e. The fourth-order valence-corrected chi connectivity index (χ4v) is 4.32. The molecule has 1 saturated heterocycles. The first-order valence-electron chi connectivity index (χ1n) is 8.14. The standard InChI is InChI=1S/C18H19FN2O3S/c1-2-4-16-21(18(23)15-5-3-10-24-15)14(11-25-16)17(22)20-13-8-6-12(19)7-9-13/h3,5-10,14,16H,2,4,11H2,1H3,(H,20,22). The number of thioether (sulfide) groups is 1. The maximum atomic E-state index is 13.0. The van der Waals surface area contributed by atoms with Crippen LogP contribution in [-0.2, 0) is 4.79 Å². The number of benzene rings is 1. The van der Waals surface area contributed by atoms with E-state index in [2.05, 4.69) is 5.32 Å². The van der Waals surface area contributed by atoms with Gasteiger partial charge in [-0.1, -0.05) is 13.3 Å². The van der Waals surface area contributed by atoms with Gasteiger partial charge in [0.1, 0.15) is 11.9 Å². The van der Waals surface area contributed by atoms with E-state index in [1.807, 2.05) is 6.92 Å². The molecular formula is C18H19FN2O3S. The first-order valence-corrected chi connectivity index (χ1v) is 9.19. The number of halogens is 1. The largest absolute Gasteiger partial charge is 0.459 e. The molecule has 5 nitrogen and oxygen atoms in total. The molecule has 2 aromatic rings. The van der Waals surface area contributed by atoms with Gasteiger partial charge in [-0.2, -0.15) is 0 Å². The van der Waals surface area contributed by atoms with Gasteiger partial charge in [0.15, 0.2) is 5.76 Å². The van der Waals surface area contributed by atoms with E-state index in [0.717, 1.165) is 12.8 Å². The Hall–Kier alpha value is -2.28. The van der Waals surface area contributed by atoms with Crippen molar-refractivity contribution in [2.24, 2.45) is 0 Å². The average Bonchev–Trinajstić information content (AvgIpc) is 3.26. The Kier molecular flexibility index (Phi) is 5.43. The van der Waals surface area contributed by atoms with Crippen molar-refractivity contribution in [3.05, 3.63) is 54.2 Å². The van der Waals surface area contributed by atoms with Crippen LogP contribution in [0.3, 0.4) is 0 Å². The van der Waals surface area contributed by atoms with Gasteiger partial charge in [-0.25, -0.2) is 4.39 Å². The Morgan fingerprint density at radius 2 is 2.08 bits per heavy atom. The molecule has 1 aliphatic heterocycles. The van der Waals surface area contributed by atoms with E-state index < -0.39 is 6.04 Å². The maximum absolute atomic E-state index is 13.0. The SMILES string of the molecule is CCCC1SCC(C(=O)Nc2ccc(F)cc2)N1C(=O)c1ccco1. The lowest BCUT2D eigenvalue weighted by Crippen LogP contribution is -2.47. The minimum Gasteiger partial charge on any atom is -0.459 e. The van der Waals surface area contributed by atoms with Crippen molar-refractivity contribution in [3.8, 4) is 0 Å². The van der Waals surface area contributed by atoms with E-state index in [0.29, 0.717) is 11.4 Å². The second kappa shape index (κ2) is 7.74. The second-order valence-corrected chi connectivity index (χ2v) is 6.99. The lowest BCUT2D eigenvalue weighted by Gasteiger charge is -2.27. The number of hydrogen-bond donors (Lipinski definition) is 1. The van der Waals surface area contributed by atoms with Gasteiger partial charge in [0.2, 0.25) is 5.91 Å². The molecule has 0 spiro atoms. The molecule has 0 saturated carbocycles. The molecule has 0 aliphatic carbocycles. The van der Waals surface area contributed by atoms with Gasteiger partial charge in [-0.05, 0) is 42.8 Å². The summed E-state index contributed by atoms with van der Waals surface area (Å²) in [6.07, 6.45) is 3.15. The topological polar surface area (TPSA) is 62.6 Å². The summed E-state index contributed by atoms with van der Waals surface area (Å²) in [4.78, 5) is 27.1. The molecule has 7 heteroatoms. The molecule has 132 valence electrons. The van der Waals surface area contributed by atoms with Crippen LogP contribution in [0.5, 0.6) is 0 Å². The molecule has 2 amide bonds. The molecule has 1 aromatic heterocycles. The average molecular weight is 362 g/mol. The number of nitrogens with one attached hydrogen (secondary N) is 1. The van der Waals surface area contributed by atoms with Crippen LogP contribution in [0.15, 0.2) is 47.1 Å². The zero-order valence-electron chi connectivity index (χ0n) is 13.8. The van der Waals surface area contributed by atoms with Crippen LogP contribution in [0.2, 0.25) is 0 Å². The number of hydrogen-bond acceptors (Lipinski definition) is 4. The Balaban J connectivity index is 1.79. The molecule has 0 bridgehead atoms. The molecule has 1 fully saturated rings. The fourth-order valence-electron chi connectivity index (χ4n) is 2.79. The lowest BCUT2D eigenvalue weighted by molar-refractivity contribution is -0.119. The van der Waals surface area contributed by atoms with Crippen LogP contribution in [0.1, 0.15) is 30.3 Å². The Morgan fingerprint density at radius 3 is 2.72 bits per heavy atom. The van der Waals surface area contributed by atoms with Gasteiger partial charge < -0.3 is 14.6 Å². The molecule has 1 aromatic carbocycles. The molecule has 2 atom stereocenters. The summed E-state index contributed by atoms with van der Waals surface area (Å²) in [5, 5.41) is 2.70. The van der Waals surface area contributed by atoms with Crippen molar-refractivity contribution >= 4 is 29.3 Å². The summed E-state index contributed by atoms with van der Waals surface area (Å²) in [6, 6.07) is 8.22. The van der Waals surface area contributed by atoms with Crippen molar-refractivity contribution in [1.82, 2.24) is 4.90 Å². The first-order chi connectivity index (χ1) is 12.1. The van der Waals surface area contributed by atoms with Crippen molar-refractivity contribution in [1.29, 1.82) is 0 Å². The minimum atomic E-state index is -0.593. The normalized spacial score (nSPS) is 19.8. The number of rotatable bonds is 5. The van der Waals surface area contributed by atoms with Crippen molar-refractivity contribution in [3.63, 3.8) is 0 Å². The number of anilines is 1. The molecule has 1 aliphatic rings. The molecule has 2 heterocycles. The van der Waals surface area contributed by atoms with Gasteiger partial charge in [-0.3, -0.25) is 9.59 Å². The highest BCUT2D eigenvalue weighted by atomic mass is 32.2. The Labute approximate surface area is 149 Å². The summed E-state index contributed by atoms with van der Waals surface area (Å²) >= 11 is 1.59. The van der Waals surface area contributed by atoms with Crippen LogP contribution >= 0.6 is 11.8 Å². The number of carbonyl (C=O) groups is 2. The molecule has 3 rings (SSSR count). The maximum Gasteiger partial charge on any atom is 0.291 e. The highest BCUT2D eigenvalue weighted by Gasteiger charge is 2.42. The van der Waals surface area contributed by atoms with Gasteiger partial charge in [0.25, 0.3) is 5.91 Å². The molecule has 0 radical (unpaired) electrons. The van der Waals surface area contributed by atoms with Gasteiger partial charge >= 0.3 is 0 Å². The molecule has 2 unspecified atom stereocenters. The second-order valence-electron chi connectivity index (χ2n) is 5.78. The molecular weight excluding hydrogens is 343 g/mol. The summed E-state index contributed by atoms with van der Waals surface area (Å²) in [5.74, 6) is -0.190. The zero-order valence-corrected chi connectivity index (χ0v) is 14.6. The minimum absolute atomic E-state index is 0.0634. The third kappa shape index (κ3) is 3.87. The van der Waals surface area contributed by atoms with Crippen LogP contribution < -0.4 is 5.32 Å². The van der Waals surface area contributed by atoms with Crippen LogP contribution in [0.4, 0.5) is 10.1 Å². The third-order valence-corrected chi connectivity index (χ3v) is 5.36. The van der Waals surface area contributed by atoms with Gasteiger partial charge in [0, 0.05) is 11.4 Å². The number of amides is 2. The van der Waals surface area contributed by atoms with Crippen LogP contribution in [-0.4, -0.2) is 33.9 Å². The summed E-state index contributed by atoms with van der Waals surface area (Å²) in [6.45, 7) is 2.04. The monoisotopic (exact) mass is 362 g/mol. The van der Waals surface area contributed by atoms with Crippen molar-refractivity contribution < 1.29 is 18.4 Å². The molecule has 25 heavy (non-hydrogen) atoms. The van der Waals surface area contributed by atoms with E-state index in [-0.39, 0.29) is 28.8 Å². The highest BCUT2D eigenvalue weighted by Crippen LogP contribution is 2.34. The van der Waals surface area contributed by atoms with Gasteiger partial charge in [-0.15, -0.1) is 11.8 Å². The third-order valence-electron chi connectivity index (χ3n) is 4.01. The van der Waals surface area contributed by atoms with E-state index in [1.165, 1.54) is 30.5 Å². The summed E-state index contributed by atoms with van der Waals surface area (Å²) in [7, 11) is 0. The molecule has 1 N–H and O–H groups in total. The van der Waals surface area contributed by atoms with Crippen molar-refractivity contribution in [2.45, 2.75) is 31.2 Å².